The minimum atomic E-state index is -3.17. The first-order valence-corrected chi connectivity index (χ1v) is 8.83. The van der Waals surface area contributed by atoms with Crippen LogP contribution in [0.25, 0.3) is 0 Å². The molecule has 1 N–H and O–H groups in total. The maximum atomic E-state index is 12.2. The molecule has 1 saturated heterocycles. The Morgan fingerprint density at radius 3 is 2.58 bits per heavy atom. The topological polar surface area (TPSA) is 66.5 Å². The quantitative estimate of drug-likeness (QED) is 0.819. The summed E-state index contributed by atoms with van der Waals surface area (Å²) >= 11 is 0. The van der Waals surface area contributed by atoms with Crippen LogP contribution in [0.2, 0.25) is 0 Å². The Labute approximate surface area is 115 Å². The van der Waals surface area contributed by atoms with Gasteiger partial charge < -0.3 is 5.32 Å². The summed E-state index contributed by atoms with van der Waals surface area (Å²) in [7, 11) is -1.57. The van der Waals surface area contributed by atoms with Crippen LogP contribution in [0.15, 0.2) is 0 Å². The third-order valence-corrected chi connectivity index (χ3v) is 6.29. The number of carbonyl (C=O) groups excluding carboxylic acids is 1. The van der Waals surface area contributed by atoms with E-state index in [9.17, 15) is 13.2 Å². The zero-order valence-corrected chi connectivity index (χ0v) is 12.4. The highest BCUT2D eigenvalue weighted by molar-refractivity contribution is 7.89. The van der Waals surface area contributed by atoms with Gasteiger partial charge in [-0.3, -0.25) is 4.79 Å². The lowest BCUT2D eigenvalue weighted by atomic mass is 10.1. The minimum Gasteiger partial charge on any atom is -0.359 e. The lowest BCUT2D eigenvalue weighted by Gasteiger charge is -2.17. The zero-order chi connectivity index (χ0) is 13.9. The molecule has 0 spiro atoms. The van der Waals surface area contributed by atoms with E-state index in [0.29, 0.717) is 25.4 Å². The van der Waals surface area contributed by atoms with Gasteiger partial charge in [0, 0.05) is 20.1 Å². The van der Waals surface area contributed by atoms with Crippen LogP contribution in [0, 0.1) is 11.8 Å². The standard InChI is InChI=1S/C13H24N2O3S/c1-14-13(16)12-6-8-15(10-12)19(17,18)9-7-11-4-2-3-5-11/h11-12H,2-10H2,1H3,(H,14,16). The Hall–Kier alpha value is -0.620. The summed E-state index contributed by atoms with van der Waals surface area (Å²) in [6.07, 6.45) is 6.26. The van der Waals surface area contributed by atoms with Crippen molar-refractivity contribution in [3.8, 4) is 0 Å². The van der Waals surface area contributed by atoms with Gasteiger partial charge in [-0.05, 0) is 18.8 Å². The Balaban J connectivity index is 1.84. The van der Waals surface area contributed by atoms with Crippen LogP contribution in [0.3, 0.4) is 0 Å². The van der Waals surface area contributed by atoms with Crippen molar-refractivity contribution in [2.24, 2.45) is 11.8 Å². The van der Waals surface area contributed by atoms with E-state index in [1.165, 1.54) is 30.0 Å². The van der Waals surface area contributed by atoms with Gasteiger partial charge in [0.15, 0.2) is 0 Å². The Morgan fingerprint density at radius 1 is 1.26 bits per heavy atom. The smallest absolute Gasteiger partial charge is 0.224 e. The van der Waals surface area contributed by atoms with E-state index in [1.54, 1.807) is 7.05 Å². The first kappa shape index (κ1) is 14.8. The summed E-state index contributed by atoms with van der Waals surface area (Å²) in [5, 5.41) is 2.60. The number of carbonyl (C=O) groups is 1. The summed E-state index contributed by atoms with van der Waals surface area (Å²) in [4.78, 5) is 11.5. The average Bonchev–Trinajstić information content (AvgIpc) is 3.06. The van der Waals surface area contributed by atoms with Crippen LogP contribution >= 0.6 is 0 Å². The van der Waals surface area contributed by atoms with Crippen LogP contribution in [-0.2, 0) is 14.8 Å². The molecular weight excluding hydrogens is 264 g/mol. The van der Waals surface area contributed by atoms with Crippen molar-refractivity contribution < 1.29 is 13.2 Å². The van der Waals surface area contributed by atoms with Crippen LogP contribution in [0.5, 0.6) is 0 Å². The normalized spacial score (nSPS) is 25.8. The molecule has 0 aromatic heterocycles. The van der Waals surface area contributed by atoms with Gasteiger partial charge in [0.25, 0.3) is 0 Å². The highest BCUT2D eigenvalue weighted by Gasteiger charge is 2.34. The maximum absolute atomic E-state index is 12.2. The monoisotopic (exact) mass is 288 g/mol. The summed E-state index contributed by atoms with van der Waals surface area (Å²) in [5.41, 5.74) is 0. The lowest BCUT2D eigenvalue weighted by Crippen LogP contribution is -2.34. The molecule has 6 heteroatoms. The Kier molecular flexibility index (Phi) is 4.84. The highest BCUT2D eigenvalue weighted by Crippen LogP contribution is 2.29. The predicted molar refractivity (Wildman–Crippen MR) is 74.1 cm³/mol. The van der Waals surface area contributed by atoms with Crippen molar-refractivity contribution in [3.63, 3.8) is 0 Å². The van der Waals surface area contributed by atoms with Crippen molar-refractivity contribution >= 4 is 15.9 Å². The fourth-order valence-electron chi connectivity index (χ4n) is 3.14. The van der Waals surface area contributed by atoms with Gasteiger partial charge in [0.1, 0.15) is 0 Å². The van der Waals surface area contributed by atoms with Gasteiger partial charge in [-0.15, -0.1) is 0 Å². The van der Waals surface area contributed by atoms with Crippen LogP contribution in [0.1, 0.15) is 38.5 Å². The first-order chi connectivity index (χ1) is 9.03. The van der Waals surface area contributed by atoms with E-state index in [2.05, 4.69) is 5.32 Å². The van der Waals surface area contributed by atoms with Crippen molar-refractivity contribution in [2.75, 3.05) is 25.9 Å². The first-order valence-electron chi connectivity index (χ1n) is 7.22. The molecule has 1 amide bonds. The molecule has 110 valence electrons. The largest absolute Gasteiger partial charge is 0.359 e. The van der Waals surface area contributed by atoms with E-state index in [4.69, 9.17) is 0 Å². The molecule has 0 bridgehead atoms. The van der Waals surface area contributed by atoms with Gasteiger partial charge >= 0.3 is 0 Å². The molecule has 2 fully saturated rings. The van der Waals surface area contributed by atoms with E-state index in [1.807, 2.05) is 0 Å². The summed E-state index contributed by atoms with van der Waals surface area (Å²) in [6, 6.07) is 0. The van der Waals surface area contributed by atoms with Crippen molar-refractivity contribution in [1.82, 2.24) is 9.62 Å². The number of amides is 1. The molecule has 1 atom stereocenters. The van der Waals surface area contributed by atoms with Crippen LogP contribution in [-0.4, -0.2) is 44.5 Å². The van der Waals surface area contributed by atoms with Gasteiger partial charge in [-0.1, -0.05) is 25.7 Å². The molecule has 1 heterocycles. The molecule has 1 aliphatic carbocycles. The molecule has 1 unspecified atom stereocenters. The van der Waals surface area contributed by atoms with E-state index < -0.39 is 10.0 Å². The number of nitrogens with one attached hydrogen (secondary N) is 1. The second-order valence-corrected chi connectivity index (χ2v) is 7.80. The van der Waals surface area contributed by atoms with Crippen LogP contribution in [0.4, 0.5) is 0 Å². The van der Waals surface area contributed by atoms with Crippen molar-refractivity contribution in [1.29, 1.82) is 0 Å². The molecule has 1 saturated carbocycles. The molecule has 1 aliphatic heterocycles. The summed E-state index contributed by atoms with van der Waals surface area (Å²) < 4.78 is 26.0. The molecule has 0 radical (unpaired) electrons. The number of hydrogen-bond donors (Lipinski definition) is 1. The second kappa shape index (κ2) is 6.22. The maximum Gasteiger partial charge on any atom is 0.224 e. The fraction of sp³-hybridized carbons (Fsp3) is 0.923. The molecule has 5 nitrogen and oxygen atoms in total. The SMILES string of the molecule is CNC(=O)C1CCN(S(=O)(=O)CCC2CCCC2)C1. The van der Waals surface area contributed by atoms with E-state index in [-0.39, 0.29) is 17.6 Å². The Morgan fingerprint density at radius 2 is 1.95 bits per heavy atom. The second-order valence-electron chi connectivity index (χ2n) is 5.71. The third kappa shape index (κ3) is 3.69. The molecule has 0 aromatic rings. The number of nitrogens with zero attached hydrogens (tertiary/aromatic N) is 1. The lowest BCUT2D eigenvalue weighted by molar-refractivity contribution is -0.123. The Bertz CT molecular complexity index is 416. The highest BCUT2D eigenvalue weighted by atomic mass is 32.2. The molecular formula is C13H24N2O3S. The van der Waals surface area contributed by atoms with E-state index in [0.717, 1.165) is 6.42 Å². The van der Waals surface area contributed by atoms with Gasteiger partial charge in [0.05, 0.1) is 11.7 Å². The average molecular weight is 288 g/mol. The van der Waals surface area contributed by atoms with Gasteiger partial charge in [0.2, 0.25) is 15.9 Å². The fourth-order valence-corrected chi connectivity index (χ4v) is 4.82. The van der Waals surface area contributed by atoms with Gasteiger partial charge in [-0.2, -0.15) is 0 Å². The van der Waals surface area contributed by atoms with Crippen LogP contribution < -0.4 is 5.32 Å². The number of rotatable bonds is 5. The predicted octanol–water partition coefficient (Wildman–Crippen LogP) is 0.964. The molecule has 0 aromatic carbocycles. The van der Waals surface area contributed by atoms with Crippen molar-refractivity contribution in [3.05, 3.63) is 0 Å². The number of hydrogen-bond acceptors (Lipinski definition) is 3. The minimum absolute atomic E-state index is 0.0477. The van der Waals surface area contributed by atoms with E-state index >= 15 is 0 Å². The van der Waals surface area contributed by atoms with Gasteiger partial charge in [-0.25, -0.2) is 12.7 Å². The number of sulfonamides is 1. The zero-order valence-electron chi connectivity index (χ0n) is 11.6. The van der Waals surface area contributed by atoms with Crippen molar-refractivity contribution in [2.45, 2.75) is 38.5 Å². The summed E-state index contributed by atoms with van der Waals surface area (Å²) in [6.45, 7) is 0.845. The third-order valence-electron chi connectivity index (χ3n) is 4.42. The molecule has 2 rings (SSSR count). The molecule has 19 heavy (non-hydrogen) atoms. The summed E-state index contributed by atoms with van der Waals surface area (Å²) in [5.74, 6) is 0.616. The molecule has 2 aliphatic rings.